The summed E-state index contributed by atoms with van der Waals surface area (Å²) < 4.78 is 0. The Morgan fingerprint density at radius 2 is 2.13 bits per heavy atom. The topological polar surface area (TPSA) is 101 Å². The Morgan fingerprint density at radius 1 is 1.30 bits per heavy atom. The molecule has 0 atom stereocenters. The van der Waals surface area contributed by atoms with Crippen molar-refractivity contribution in [3.05, 3.63) is 69.0 Å². The zero-order valence-electron chi connectivity index (χ0n) is 11.7. The van der Waals surface area contributed by atoms with Crippen LogP contribution in [0.1, 0.15) is 16.2 Å². The SMILES string of the molecule is O=C(NCc1nc2ccc([N+](=O)[O-])cc2[nH]1)c1cccc(Cl)c1. The highest BCUT2D eigenvalue weighted by molar-refractivity contribution is 6.30. The molecule has 23 heavy (non-hydrogen) atoms. The molecule has 0 aliphatic rings. The van der Waals surface area contributed by atoms with Gasteiger partial charge in [-0.15, -0.1) is 0 Å². The normalized spacial score (nSPS) is 10.7. The van der Waals surface area contributed by atoms with E-state index in [9.17, 15) is 14.9 Å². The number of nitro groups is 1. The summed E-state index contributed by atoms with van der Waals surface area (Å²) in [7, 11) is 0. The zero-order valence-corrected chi connectivity index (χ0v) is 12.5. The molecule has 0 spiro atoms. The van der Waals surface area contributed by atoms with Gasteiger partial charge in [0.25, 0.3) is 11.6 Å². The number of aromatic nitrogens is 2. The van der Waals surface area contributed by atoms with Gasteiger partial charge in [-0.25, -0.2) is 4.98 Å². The Balaban J connectivity index is 1.74. The standard InChI is InChI=1S/C15H11ClN4O3/c16-10-3-1-2-9(6-10)15(21)17-8-14-18-12-5-4-11(20(22)23)7-13(12)19-14/h1-7H,8H2,(H,17,21)(H,18,19). The fourth-order valence-corrected chi connectivity index (χ4v) is 2.33. The highest BCUT2D eigenvalue weighted by Gasteiger charge is 2.11. The van der Waals surface area contributed by atoms with Gasteiger partial charge in [-0.05, 0) is 24.3 Å². The van der Waals surface area contributed by atoms with Crippen molar-refractivity contribution in [2.24, 2.45) is 0 Å². The minimum absolute atomic E-state index is 0.0179. The zero-order chi connectivity index (χ0) is 16.4. The largest absolute Gasteiger partial charge is 0.345 e. The Bertz CT molecular complexity index is 907. The molecule has 3 rings (SSSR count). The van der Waals surface area contributed by atoms with E-state index in [2.05, 4.69) is 15.3 Å². The molecule has 0 fully saturated rings. The molecule has 1 heterocycles. The van der Waals surface area contributed by atoms with Crippen molar-refractivity contribution in [3.8, 4) is 0 Å². The van der Waals surface area contributed by atoms with Gasteiger partial charge in [0.15, 0.2) is 0 Å². The fourth-order valence-electron chi connectivity index (χ4n) is 2.14. The summed E-state index contributed by atoms with van der Waals surface area (Å²) in [5.74, 6) is 0.231. The third-order valence-electron chi connectivity index (χ3n) is 3.23. The first-order valence-electron chi connectivity index (χ1n) is 6.70. The molecule has 0 saturated carbocycles. The summed E-state index contributed by atoms with van der Waals surface area (Å²) in [6, 6.07) is 11.0. The lowest BCUT2D eigenvalue weighted by molar-refractivity contribution is -0.384. The van der Waals surface area contributed by atoms with Crippen LogP contribution >= 0.6 is 11.6 Å². The summed E-state index contributed by atoms with van der Waals surface area (Å²) in [5.41, 5.74) is 1.58. The first-order chi connectivity index (χ1) is 11.0. The maximum absolute atomic E-state index is 12.0. The van der Waals surface area contributed by atoms with Crippen molar-refractivity contribution in [2.75, 3.05) is 0 Å². The molecule has 2 N–H and O–H groups in total. The lowest BCUT2D eigenvalue weighted by atomic mass is 10.2. The van der Waals surface area contributed by atoms with Crippen molar-refractivity contribution in [1.82, 2.24) is 15.3 Å². The van der Waals surface area contributed by atoms with Gasteiger partial charge in [0, 0.05) is 22.7 Å². The lowest BCUT2D eigenvalue weighted by Crippen LogP contribution is -2.23. The molecule has 8 heteroatoms. The average Bonchev–Trinajstić information content (AvgIpc) is 2.94. The monoisotopic (exact) mass is 330 g/mol. The Labute approximate surface area is 135 Å². The molecule has 0 bridgehead atoms. The van der Waals surface area contributed by atoms with Crippen LogP contribution in [-0.4, -0.2) is 20.8 Å². The summed E-state index contributed by atoms with van der Waals surface area (Å²) in [6.07, 6.45) is 0. The van der Waals surface area contributed by atoms with E-state index in [0.29, 0.717) is 27.4 Å². The van der Waals surface area contributed by atoms with E-state index >= 15 is 0 Å². The quantitative estimate of drug-likeness (QED) is 0.567. The Hall–Kier alpha value is -2.93. The number of H-pyrrole nitrogens is 1. The molecular weight excluding hydrogens is 320 g/mol. The molecule has 0 aliphatic carbocycles. The van der Waals surface area contributed by atoms with Crippen molar-refractivity contribution in [2.45, 2.75) is 6.54 Å². The van der Waals surface area contributed by atoms with Gasteiger partial charge >= 0.3 is 0 Å². The number of fused-ring (bicyclic) bond motifs is 1. The predicted molar refractivity (Wildman–Crippen MR) is 85.4 cm³/mol. The molecule has 0 unspecified atom stereocenters. The van der Waals surface area contributed by atoms with Crippen LogP contribution in [-0.2, 0) is 6.54 Å². The number of carbonyl (C=O) groups excluding carboxylic acids is 1. The van der Waals surface area contributed by atoms with Crippen molar-refractivity contribution >= 4 is 34.2 Å². The Morgan fingerprint density at radius 3 is 2.87 bits per heavy atom. The van der Waals surface area contributed by atoms with Gasteiger partial charge in [-0.3, -0.25) is 14.9 Å². The first-order valence-corrected chi connectivity index (χ1v) is 7.07. The molecule has 3 aromatic rings. The molecule has 0 radical (unpaired) electrons. The number of carbonyl (C=O) groups is 1. The number of amides is 1. The molecule has 2 aromatic carbocycles. The van der Waals surface area contributed by atoms with Gasteiger partial charge < -0.3 is 10.3 Å². The minimum Gasteiger partial charge on any atom is -0.345 e. The number of hydrogen-bond donors (Lipinski definition) is 2. The maximum Gasteiger partial charge on any atom is 0.271 e. The Kier molecular flexibility index (Phi) is 3.94. The lowest BCUT2D eigenvalue weighted by Gasteiger charge is -2.03. The number of nitrogens with one attached hydrogen (secondary N) is 2. The number of aromatic amines is 1. The van der Waals surface area contributed by atoms with Gasteiger partial charge in [0.1, 0.15) is 5.82 Å². The van der Waals surface area contributed by atoms with Crippen LogP contribution in [0.25, 0.3) is 11.0 Å². The third-order valence-corrected chi connectivity index (χ3v) is 3.46. The summed E-state index contributed by atoms with van der Waals surface area (Å²) in [4.78, 5) is 29.5. The van der Waals surface area contributed by atoms with Crippen LogP contribution in [0.2, 0.25) is 5.02 Å². The van der Waals surface area contributed by atoms with Crippen molar-refractivity contribution < 1.29 is 9.72 Å². The second kappa shape index (κ2) is 6.05. The molecule has 1 aromatic heterocycles. The number of hydrogen-bond acceptors (Lipinski definition) is 4. The van der Waals surface area contributed by atoms with E-state index in [4.69, 9.17) is 11.6 Å². The van der Waals surface area contributed by atoms with Crippen LogP contribution in [0.4, 0.5) is 5.69 Å². The van der Waals surface area contributed by atoms with Gasteiger partial charge in [-0.1, -0.05) is 17.7 Å². The number of non-ortho nitro benzene ring substituents is 1. The highest BCUT2D eigenvalue weighted by Crippen LogP contribution is 2.19. The number of nitrogens with zero attached hydrogens (tertiary/aromatic N) is 2. The van der Waals surface area contributed by atoms with Crippen LogP contribution in [0, 0.1) is 10.1 Å². The van der Waals surface area contributed by atoms with E-state index in [1.807, 2.05) is 0 Å². The summed E-state index contributed by atoms with van der Waals surface area (Å²) >= 11 is 5.85. The van der Waals surface area contributed by atoms with Gasteiger partial charge in [-0.2, -0.15) is 0 Å². The number of imidazole rings is 1. The molecular formula is C15H11ClN4O3. The number of rotatable bonds is 4. The van der Waals surface area contributed by atoms with Crippen molar-refractivity contribution in [3.63, 3.8) is 0 Å². The number of nitro benzene ring substituents is 1. The minimum atomic E-state index is -0.471. The molecule has 1 amide bonds. The second-order valence-corrected chi connectivity index (χ2v) is 5.27. The smallest absolute Gasteiger partial charge is 0.271 e. The van der Waals surface area contributed by atoms with Crippen molar-refractivity contribution in [1.29, 1.82) is 0 Å². The predicted octanol–water partition coefficient (Wildman–Crippen LogP) is 3.05. The van der Waals surface area contributed by atoms with E-state index in [1.165, 1.54) is 12.1 Å². The highest BCUT2D eigenvalue weighted by atomic mass is 35.5. The third kappa shape index (κ3) is 3.29. The summed E-state index contributed by atoms with van der Waals surface area (Å²) in [5, 5.41) is 14.0. The van der Waals surface area contributed by atoms with E-state index < -0.39 is 4.92 Å². The maximum atomic E-state index is 12.0. The number of halogens is 1. The van der Waals surface area contributed by atoms with E-state index in [1.54, 1.807) is 30.3 Å². The summed E-state index contributed by atoms with van der Waals surface area (Å²) in [6.45, 7) is 0.174. The fraction of sp³-hybridized carbons (Fsp3) is 0.0667. The van der Waals surface area contributed by atoms with E-state index in [0.717, 1.165) is 0 Å². The molecule has 7 nitrogen and oxygen atoms in total. The average molecular weight is 331 g/mol. The molecule has 0 saturated heterocycles. The van der Waals surface area contributed by atoms with Crippen LogP contribution in [0.15, 0.2) is 42.5 Å². The first kappa shape index (κ1) is 15.0. The van der Waals surface area contributed by atoms with Gasteiger partial charge in [0.05, 0.1) is 22.5 Å². The van der Waals surface area contributed by atoms with Crippen LogP contribution in [0.3, 0.4) is 0 Å². The van der Waals surface area contributed by atoms with Crippen LogP contribution < -0.4 is 5.32 Å². The van der Waals surface area contributed by atoms with Gasteiger partial charge in [0.2, 0.25) is 0 Å². The second-order valence-electron chi connectivity index (χ2n) is 4.84. The van der Waals surface area contributed by atoms with E-state index in [-0.39, 0.29) is 18.1 Å². The molecule has 0 aliphatic heterocycles. The number of benzene rings is 2. The van der Waals surface area contributed by atoms with Crippen LogP contribution in [0.5, 0.6) is 0 Å². The molecule has 116 valence electrons.